The lowest BCUT2D eigenvalue weighted by Gasteiger charge is -2.29. The van der Waals surface area contributed by atoms with Crippen molar-refractivity contribution in [3.05, 3.63) is 24.0 Å². The van der Waals surface area contributed by atoms with Crippen LogP contribution in [0, 0.1) is 11.7 Å². The lowest BCUT2D eigenvalue weighted by Crippen LogP contribution is -2.30. The molecule has 1 atom stereocenters. The Morgan fingerprint density at radius 1 is 1.26 bits per heavy atom. The topological polar surface area (TPSA) is 49.9 Å². The van der Waals surface area contributed by atoms with Crippen molar-refractivity contribution in [2.75, 3.05) is 36.5 Å². The van der Waals surface area contributed by atoms with Gasteiger partial charge >= 0.3 is 5.97 Å². The number of carbonyl (C=O) groups is 2. The Labute approximate surface area is 135 Å². The standard InChI is InChI=1S/C17H21FN2O3/c1-23-17(22)12-9-16(21)20(11-12)13-5-6-15(14(18)10-13)19-7-3-2-4-8-19/h5-6,10,12H,2-4,7-9,11H2,1H3/t12-/m1/s1. The molecule has 2 saturated heterocycles. The van der Waals surface area contributed by atoms with Gasteiger partial charge in [0.2, 0.25) is 5.91 Å². The summed E-state index contributed by atoms with van der Waals surface area (Å²) in [4.78, 5) is 27.2. The van der Waals surface area contributed by atoms with Crippen LogP contribution in [0.4, 0.5) is 15.8 Å². The third-order valence-electron chi connectivity index (χ3n) is 4.60. The smallest absolute Gasteiger partial charge is 0.311 e. The second-order valence-electron chi connectivity index (χ2n) is 6.11. The minimum Gasteiger partial charge on any atom is -0.469 e. The molecule has 0 saturated carbocycles. The fraction of sp³-hybridized carbons (Fsp3) is 0.529. The van der Waals surface area contributed by atoms with E-state index in [1.165, 1.54) is 24.5 Å². The van der Waals surface area contributed by atoms with Crippen LogP contribution in [0.25, 0.3) is 0 Å². The lowest BCUT2D eigenvalue weighted by atomic mass is 10.1. The van der Waals surface area contributed by atoms with Crippen LogP contribution in [-0.4, -0.2) is 38.6 Å². The van der Waals surface area contributed by atoms with Gasteiger partial charge in [0.1, 0.15) is 5.82 Å². The zero-order chi connectivity index (χ0) is 16.4. The molecule has 2 heterocycles. The SMILES string of the molecule is COC(=O)[C@@H]1CC(=O)N(c2ccc(N3CCCCC3)c(F)c2)C1. The van der Waals surface area contributed by atoms with Gasteiger partial charge in [-0.05, 0) is 37.5 Å². The number of halogens is 1. The number of piperidine rings is 1. The maximum absolute atomic E-state index is 14.5. The van der Waals surface area contributed by atoms with Crippen molar-refractivity contribution >= 4 is 23.3 Å². The Balaban J connectivity index is 1.77. The zero-order valence-electron chi connectivity index (χ0n) is 13.3. The highest BCUT2D eigenvalue weighted by Crippen LogP contribution is 2.30. The van der Waals surface area contributed by atoms with Crippen molar-refractivity contribution in [2.45, 2.75) is 25.7 Å². The predicted molar refractivity (Wildman–Crippen MR) is 84.9 cm³/mol. The van der Waals surface area contributed by atoms with E-state index in [0.29, 0.717) is 11.4 Å². The van der Waals surface area contributed by atoms with E-state index < -0.39 is 11.9 Å². The first kappa shape index (κ1) is 15.8. The fourth-order valence-electron chi connectivity index (χ4n) is 3.34. The van der Waals surface area contributed by atoms with Crippen molar-refractivity contribution < 1.29 is 18.7 Å². The molecule has 0 radical (unpaired) electrons. The number of nitrogens with zero attached hydrogens (tertiary/aromatic N) is 2. The van der Waals surface area contributed by atoms with Gasteiger partial charge in [-0.1, -0.05) is 0 Å². The van der Waals surface area contributed by atoms with Gasteiger partial charge in [0, 0.05) is 31.7 Å². The molecular weight excluding hydrogens is 299 g/mol. The second-order valence-corrected chi connectivity index (χ2v) is 6.11. The van der Waals surface area contributed by atoms with Crippen LogP contribution in [0.15, 0.2) is 18.2 Å². The summed E-state index contributed by atoms with van der Waals surface area (Å²) in [6, 6.07) is 4.88. The second kappa shape index (κ2) is 6.56. The Morgan fingerprint density at radius 2 is 2.00 bits per heavy atom. The molecule has 2 aliphatic rings. The number of rotatable bonds is 3. The maximum atomic E-state index is 14.5. The summed E-state index contributed by atoms with van der Waals surface area (Å²) >= 11 is 0. The number of hydrogen-bond donors (Lipinski definition) is 0. The molecule has 6 heteroatoms. The molecule has 0 unspecified atom stereocenters. The average molecular weight is 320 g/mol. The van der Waals surface area contributed by atoms with E-state index in [1.54, 1.807) is 12.1 Å². The van der Waals surface area contributed by atoms with Gasteiger partial charge < -0.3 is 14.5 Å². The van der Waals surface area contributed by atoms with Gasteiger partial charge in [0.25, 0.3) is 0 Å². The lowest BCUT2D eigenvalue weighted by molar-refractivity contribution is -0.145. The molecule has 2 aliphatic heterocycles. The first-order chi connectivity index (χ1) is 11.1. The number of amides is 1. The summed E-state index contributed by atoms with van der Waals surface area (Å²) in [6.45, 7) is 1.97. The van der Waals surface area contributed by atoms with E-state index in [1.807, 2.05) is 4.90 Å². The highest BCUT2D eigenvalue weighted by molar-refractivity contribution is 5.99. The highest BCUT2D eigenvalue weighted by atomic mass is 19.1. The molecule has 2 fully saturated rings. The molecule has 1 amide bonds. The molecule has 1 aromatic rings. The van der Waals surface area contributed by atoms with Crippen molar-refractivity contribution in [1.29, 1.82) is 0 Å². The summed E-state index contributed by atoms with van der Waals surface area (Å²) in [6.07, 6.45) is 3.45. The summed E-state index contributed by atoms with van der Waals surface area (Å²) < 4.78 is 19.2. The Kier molecular flexibility index (Phi) is 4.50. The van der Waals surface area contributed by atoms with Crippen molar-refractivity contribution in [3.63, 3.8) is 0 Å². The third-order valence-corrected chi connectivity index (χ3v) is 4.60. The third kappa shape index (κ3) is 3.16. The molecular formula is C17H21FN2O3. The number of carbonyl (C=O) groups excluding carboxylic acids is 2. The molecule has 0 N–H and O–H groups in total. The van der Waals surface area contributed by atoms with Crippen molar-refractivity contribution in [2.24, 2.45) is 5.92 Å². The fourth-order valence-corrected chi connectivity index (χ4v) is 3.34. The number of anilines is 2. The van der Waals surface area contributed by atoms with E-state index in [4.69, 9.17) is 4.74 Å². The van der Waals surface area contributed by atoms with Crippen molar-refractivity contribution in [1.82, 2.24) is 0 Å². The largest absolute Gasteiger partial charge is 0.469 e. The van der Waals surface area contributed by atoms with Crippen molar-refractivity contribution in [3.8, 4) is 0 Å². The van der Waals surface area contributed by atoms with Gasteiger partial charge in [0.05, 0.1) is 18.7 Å². The molecule has 0 bridgehead atoms. The van der Waals surface area contributed by atoms with Gasteiger partial charge in [-0.2, -0.15) is 0 Å². The number of methoxy groups -OCH3 is 1. The van der Waals surface area contributed by atoms with E-state index >= 15 is 0 Å². The minimum absolute atomic E-state index is 0.113. The predicted octanol–water partition coefficient (Wildman–Crippen LogP) is 2.34. The van der Waals surface area contributed by atoms with Crippen LogP contribution in [0.1, 0.15) is 25.7 Å². The Morgan fingerprint density at radius 3 is 2.65 bits per heavy atom. The van der Waals surface area contributed by atoms with Gasteiger partial charge in [-0.3, -0.25) is 9.59 Å². The number of esters is 1. The molecule has 0 aromatic heterocycles. The molecule has 0 aliphatic carbocycles. The molecule has 0 spiro atoms. The molecule has 124 valence electrons. The maximum Gasteiger partial charge on any atom is 0.311 e. The average Bonchev–Trinajstić information content (AvgIpc) is 2.96. The molecule has 5 nitrogen and oxygen atoms in total. The van der Waals surface area contributed by atoms with Crippen LogP contribution in [-0.2, 0) is 14.3 Å². The Bertz CT molecular complexity index is 614. The van der Waals surface area contributed by atoms with Crippen LogP contribution in [0.5, 0.6) is 0 Å². The highest BCUT2D eigenvalue weighted by Gasteiger charge is 2.36. The number of hydrogen-bond acceptors (Lipinski definition) is 4. The summed E-state index contributed by atoms with van der Waals surface area (Å²) in [7, 11) is 1.31. The molecule has 3 rings (SSSR count). The monoisotopic (exact) mass is 320 g/mol. The molecule has 1 aromatic carbocycles. The number of ether oxygens (including phenoxy) is 1. The van der Waals surface area contributed by atoms with Crippen LogP contribution in [0.3, 0.4) is 0 Å². The normalized spacial score (nSPS) is 21.7. The van der Waals surface area contributed by atoms with Crippen LogP contribution in [0.2, 0.25) is 0 Å². The van der Waals surface area contributed by atoms with Gasteiger partial charge in [-0.15, -0.1) is 0 Å². The van der Waals surface area contributed by atoms with E-state index in [-0.39, 0.29) is 24.7 Å². The minimum atomic E-state index is -0.475. The molecule has 23 heavy (non-hydrogen) atoms. The van der Waals surface area contributed by atoms with Gasteiger partial charge in [-0.25, -0.2) is 4.39 Å². The van der Waals surface area contributed by atoms with Crippen LogP contribution < -0.4 is 9.80 Å². The van der Waals surface area contributed by atoms with E-state index in [2.05, 4.69) is 0 Å². The first-order valence-corrected chi connectivity index (χ1v) is 8.03. The summed E-state index contributed by atoms with van der Waals surface area (Å²) in [5.41, 5.74) is 1.09. The quantitative estimate of drug-likeness (QED) is 0.802. The van der Waals surface area contributed by atoms with E-state index in [9.17, 15) is 14.0 Å². The summed E-state index contributed by atoms with van der Waals surface area (Å²) in [5.74, 6) is -1.37. The first-order valence-electron chi connectivity index (χ1n) is 8.03. The van der Waals surface area contributed by atoms with Crippen LogP contribution >= 0.6 is 0 Å². The van der Waals surface area contributed by atoms with Gasteiger partial charge in [0.15, 0.2) is 0 Å². The Hall–Kier alpha value is -2.11. The zero-order valence-corrected chi connectivity index (χ0v) is 13.3. The van der Waals surface area contributed by atoms with E-state index in [0.717, 1.165) is 25.9 Å². The summed E-state index contributed by atoms with van der Waals surface area (Å²) in [5, 5.41) is 0. The number of benzene rings is 1.